The van der Waals surface area contributed by atoms with Crippen LogP contribution in [0.15, 0.2) is 42.5 Å². The predicted octanol–water partition coefficient (Wildman–Crippen LogP) is 3.34. The number of nitrogens with one attached hydrogen (secondary N) is 2. The van der Waals surface area contributed by atoms with Crippen molar-refractivity contribution in [3.8, 4) is 0 Å². The van der Waals surface area contributed by atoms with Gasteiger partial charge in [-0.15, -0.1) is 0 Å². The van der Waals surface area contributed by atoms with Crippen molar-refractivity contribution in [1.82, 2.24) is 5.32 Å². The minimum atomic E-state index is -0.625. The molecule has 0 aromatic heterocycles. The Bertz CT molecular complexity index is 790. The van der Waals surface area contributed by atoms with Crippen LogP contribution in [0.4, 0.5) is 11.4 Å². The van der Waals surface area contributed by atoms with Crippen LogP contribution in [0.2, 0.25) is 0 Å². The van der Waals surface area contributed by atoms with Crippen LogP contribution in [0, 0.1) is 24.0 Å². The first-order valence-electron chi connectivity index (χ1n) is 6.82. The third kappa shape index (κ3) is 3.89. The molecule has 118 valence electrons. The molecule has 0 aliphatic rings. The van der Waals surface area contributed by atoms with Gasteiger partial charge in [0.05, 0.1) is 4.92 Å². The largest absolute Gasteiger partial charge is 0.332 e. The van der Waals surface area contributed by atoms with E-state index < -0.39 is 10.8 Å². The van der Waals surface area contributed by atoms with Crippen LogP contribution >= 0.6 is 12.2 Å². The number of nitro groups is 1. The van der Waals surface area contributed by atoms with Crippen LogP contribution in [-0.4, -0.2) is 15.9 Å². The summed E-state index contributed by atoms with van der Waals surface area (Å²) in [6, 6.07) is 11.4. The molecule has 0 radical (unpaired) electrons. The van der Waals surface area contributed by atoms with Gasteiger partial charge in [0.25, 0.3) is 11.6 Å². The molecule has 2 N–H and O–H groups in total. The summed E-state index contributed by atoms with van der Waals surface area (Å²) in [5, 5.41) is 16.4. The number of hydrogen-bond acceptors (Lipinski definition) is 4. The van der Waals surface area contributed by atoms with Crippen molar-refractivity contribution in [1.29, 1.82) is 0 Å². The maximum atomic E-state index is 12.2. The molecule has 6 nitrogen and oxygen atoms in total. The number of rotatable bonds is 3. The van der Waals surface area contributed by atoms with Gasteiger partial charge in [-0.3, -0.25) is 20.2 Å². The molecule has 0 aliphatic carbocycles. The second-order valence-electron chi connectivity index (χ2n) is 4.93. The summed E-state index contributed by atoms with van der Waals surface area (Å²) in [6.45, 7) is 3.90. The highest BCUT2D eigenvalue weighted by atomic mass is 32.1. The van der Waals surface area contributed by atoms with E-state index >= 15 is 0 Å². The second kappa shape index (κ2) is 6.97. The van der Waals surface area contributed by atoms with E-state index in [0.29, 0.717) is 0 Å². The number of carbonyl (C=O) groups is 1. The fourth-order valence-corrected chi connectivity index (χ4v) is 2.24. The van der Waals surface area contributed by atoms with E-state index in [4.69, 9.17) is 12.2 Å². The number of para-hydroxylation sites is 1. The van der Waals surface area contributed by atoms with Gasteiger partial charge in [0, 0.05) is 11.8 Å². The number of carbonyl (C=O) groups excluding carboxylic acids is 1. The molecule has 0 unspecified atom stereocenters. The number of anilines is 1. The molecule has 0 spiro atoms. The molecule has 0 atom stereocenters. The van der Waals surface area contributed by atoms with Gasteiger partial charge in [-0.1, -0.05) is 24.3 Å². The van der Waals surface area contributed by atoms with Crippen LogP contribution in [0.1, 0.15) is 21.5 Å². The van der Waals surface area contributed by atoms with E-state index in [9.17, 15) is 14.9 Å². The van der Waals surface area contributed by atoms with E-state index in [1.807, 2.05) is 32.0 Å². The topological polar surface area (TPSA) is 84.3 Å². The molecule has 1 amide bonds. The zero-order chi connectivity index (χ0) is 17.0. The van der Waals surface area contributed by atoms with Crippen molar-refractivity contribution in [3.05, 3.63) is 69.3 Å². The lowest BCUT2D eigenvalue weighted by molar-refractivity contribution is -0.385. The molecule has 2 rings (SSSR count). The number of thiocarbonyl (C=S) groups is 1. The van der Waals surface area contributed by atoms with Crippen molar-refractivity contribution in [2.24, 2.45) is 0 Å². The van der Waals surface area contributed by atoms with Gasteiger partial charge in [-0.25, -0.2) is 0 Å². The summed E-state index contributed by atoms with van der Waals surface area (Å²) in [5.41, 5.74) is 2.57. The van der Waals surface area contributed by atoms with Crippen molar-refractivity contribution < 1.29 is 9.72 Å². The lowest BCUT2D eigenvalue weighted by Gasteiger charge is -2.13. The highest BCUT2D eigenvalue weighted by Crippen LogP contribution is 2.19. The first-order valence-corrected chi connectivity index (χ1v) is 7.23. The number of amides is 1. The van der Waals surface area contributed by atoms with Crippen LogP contribution < -0.4 is 10.6 Å². The molecular formula is C16H15N3O3S. The average molecular weight is 329 g/mol. The minimum absolute atomic E-state index is 0.0392. The second-order valence-corrected chi connectivity index (χ2v) is 5.34. The van der Waals surface area contributed by atoms with Crippen molar-refractivity contribution in [2.45, 2.75) is 13.8 Å². The quantitative estimate of drug-likeness (QED) is 0.512. The SMILES string of the molecule is Cc1cccc(NC(=S)NC(=O)c2ccccc2[N+](=O)[O-])c1C. The van der Waals surface area contributed by atoms with E-state index in [1.165, 1.54) is 18.2 Å². The zero-order valence-corrected chi connectivity index (χ0v) is 13.4. The molecule has 0 saturated heterocycles. The summed E-state index contributed by atoms with van der Waals surface area (Å²) in [6.07, 6.45) is 0. The Labute approximate surface area is 138 Å². The van der Waals surface area contributed by atoms with E-state index in [-0.39, 0.29) is 16.4 Å². The Morgan fingerprint density at radius 1 is 1.13 bits per heavy atom. The Kier molecular flexibility index (Phi) is 5.02. The Balaban J connectivity index is 2.13. The van der Waals surface area contributed by atoms with Crippen LogP contribution in [-0.2, 0) is 0 Å². The van der Waals surface area contributed by atoms with Gasteiger partial charge in [0.15, 0.2) is 5.11 Å². The number of nitro benzene ring substituents is 1. The number of benzene rings is 2. The molecular weight excluding hydrogens is 314 g/mol. The number of hydrogen-bond donors (Lipinski definition) is 2. The molecule has 2 aromatic rings. The molecule has 23 heavy (non-hydrogen) atoms. The van der Waals surface area contributed by atoms with Gasteiger partial charge >= 0.3 is 0 Å². The molecule has 0 saturated carbocycles. The number of aryl methyl sites for hydroxylation is 1. The standard InChI is InChI=1S/C16H15N3O3S/c1-10-6-5-8-13(11(10)2)17-16(23)18-15(20)12-7-3-4-9-14(12)19(21)22/h3-9H,1-2H3,(H2,17,18,20,23). The van der Waals surface area contributed by atoms with Crippen molar-refractivity contribution in [3.63, 3.8) is 0 Å². The Morgan fingerprint density at radius 2 is 1.83 bits per heavy atom. The molecule has 0 aliphatic heterocycles. The molecule has 0 fully saturated rings. The lowest BCUT2D eigenvalue weighted by atomic mass is 10.1. The lowest BCUT2D eigenvalue weighted by Crippen LogP contribution is -2.34. The van der Waals surface area contributed by atoms with Crippen LogP contribution in [0.5, 0.6) is 0 Å². The first kappa shape index (κ1) is 16.6. The Hall–Kier alpha value is -2.80. The van der Waals surface area contributed by atoms with E-state index in [2.05, 4.69) is 10.6 Å². The zero-order valence-electron chi connectivity index (χ0n) is 12.6. The monoisotopic (exact) mass is 329 g/mol. The van der Waals surface area contributed by atoms with Gasteiger partial charge in [0.2, 0.25) is 0 Å². The highest BCUT2D eigenvalue weighted by Gasteiger charge is 2.19. The normalized spacial score (nSPS) is 10.0. The maximum absolute atomic E-state index is 12.2. The van der Waals surface area contributed by atoms with Gasteiger partial charge in [-0.05, 0) is 49.3 Å². The number of nitrogens with zero attached hydrogens (tertiary/aromatic N) is 1. The van der Waals surface area contributed by atoms with Crippen LogP contribution in [0.25, 0.3) is 0 Å². The summed E-state index contributed by atoms with van der Waals surface area (Å²) >= 11 is 5.11. The first-order chi connectivity index (χ1) is 10.9. The van der Waals surface area contributed by atoms with Crippen molar-refractivity contribution in [2.75, 3.05) is 5.32 Å². The Morgan fingerprint density at radius 3 is 2.52 bits per heavy atom. The van der Waals surface area contributed by atoms with Gasteiger partial charge in [0.1, 0.15) is 5.56 Å². The van der Waals surface area contributed by atoms with E-state index in [0.717, 1.165) is 16.8 Å². The molecule has 2 aromatic carbocycles. The molecule has 0 heterocycles. The van der Waals surface area contributed by atoms with Gasteiger partial charge < -0.3 is 5.32 Å². The maximum Gasteiger partial charge on any atom is 0.282 e. The third-order valence-corrected chi connectivity index (χ3v) is 3.63. The molecule has 7 heteroatoms. The summed E-state index contributed by atoms with van der Waals surface area (Å²) in [5.74, 6) is -0.625. The highest BCUT2D eigenvalue weighted by molar-refractivity contribution is 7.80. The summed E-state index contributed by atoms with van der Waals surface area (Å²) in [4.78, 5) is 22.5. The van der Waals surface area contributed by atoms with Crippen molar-refractivity contribution >= 4 is 34.6 Å². The molecule has 0 bridgehead atoms. The van der Waals surface area contributed by atoms with E-state index in [1.54, 1.807) is 6.07 Å². The third-order valence-electron chi connectivity index (χ3n) is 3.43. The van der Waals surface area contributed by atoms with Gasteiger partial charge in [-0.2, -0.15) is 0 Å². The fraction of sp³-hybridized carbons (Fsp3) is 0.125. The fourth-order valence-electron chi connectivity index (χ4n) is 2.04. The minimum Gasteiger partial charge on any atom is -0.332 e. The predicted molar refractivity (Wildman–Crippen MR) is 92.7 cm³/mol. The summed E-state index contributed by atoms with van der Waals surface area (Å²) in [7, 11) is 0. The smallest absolute Gasteiger partial charge is 0.282 e. The van der Waals surface area contributed by atoms with Crippen LogP contribution in [0.3, 0.4) is 0 Å². The average Bonchev–Trinajstić information content (AvgIpc) is 2.51. The summed E-state index contributed by atoms with van der Waals surface area (Å²) < 4.78 is 0.